The molecule has 0 radical (unpaired) electrons. The molecule has 0 saturated carbocycles. The molecule has 3 aromatic rings. The van der Waals surface area contributed by atoms with Crippen molar-refractivity contribution in [2.75, 3.05) is 44.3 Å². The molecular formula is C44H63N9O2. The highest BCUT2D eigenvalue weighted by Gasteiger charge is 2.40. The van der Waals surface area contributed by atoms with Gasteiger partial charge in [0.15, 0.2) is 0 Å². The number of hydrazone groups is 1. The molecule has 4 saturated heterocycles. The number of fused-ring (bicyclic) bond motifs is 2. The summed E-state index contributed by atoms with van der Waals surface area (Å²) >= 11 is 0. The number of piperazine rings is 1. The summed E-state index contributed by atoms with van der Waals surface area (Å²) in [5, 5.41) is 12.5. The Hall–Kier alpha value is -4.45. The van der Waals surface area contributed by atoms with Crippen LogP contribution in [0.25, 0.3) is 11.3 Å². The van der Waals surface area contributed by atoms with Crippen LogP contribution in [0.1, 0.15) is 81.9 Å². The van der Waals surface area contributed by atoms with Gasteiger partial charge in [0.05, 0.1) is 37.2 Å². The number of hydrogen-bond acceptors (Lipinski definition) is 10. The van der Waals surface area contributed by atoms with E-state index in [9.17, 15) is 0 Å². The Bertz CT molecular complexity index is 1740. The molecule has 0 amide bonds. The lowest BCUT2D eigenvalue weighted by atomic mass is 10.0. The number of nitrogens with zero attached hydrogens (tertiary/aromatic N) is 8. The lowest BCUT2D eigenvalue weighted by Crippen LogP contribution is -2.54. The van der Waals surface area contributed by atoms with E-state index in [0.29, 0.717) is 30.4 Å². The minimum Gasteiger partial charge on any atom is -0.376 e. The van der Waals surface area contributed by atoms with Crippen LogP contribution in [0.2, 0.25) is 0 Å². The number of aryl methyl sites for hydroxylation is 2. The molecule has 11 heteroatoms. The van der Waals surface area contributed by atoms with Gasteiger partial charge in [0.1, 0.15) is 11.4 Å². The van der Waals surface area contributed by atoms with Crippen LogP contribution in [-0.4, -0.2) is 102 Å². The first-order valence-electron chi connectivity index (χ1n) is 20.3. The van der Waals surface area contributed by atoms with Crippen molar-refractivity contribution >= 4 is 24.3 Å². The summed E-state index contributed by atoms with van der Waals surface area (Å²) in [6.07, 6.45) is 17.5. The van der Waals surface area contributed by atoms with E-state index in [1.165, 1.54) is 43.4 Å². The van der Waals surface area contributed by atoms with Gasteiger partial charge in [-0.05, 0) is 101 Å². The monoisotopic (exact) mass is 750 g/mol. The standard InChI is InChI=1S/C27H38N6O.C15H19N3O.C2H6/c1-4-7-21(29-3)17-33-23-9-10-24(33)19-32(18-23)22-11-12-26(20(2)14-22)27(31-28)16-30-15-25-8-5-6-13-34-25;1-12-6-2-3-8-14(12)15-11-18(17-16-15)10-13-7-4-5-9-19-13;1-2/h4,7,11-12,14,16,23-25H,1,3,5-6,8-10,13,15,17-19,28H2,2H3;2-3,6,8,11,13H,4-5,7,9-10H2,1H3;1-2H3/b21-7-,30-16?,31-27+;;. The first-order valence-corrected chi connectivity index (χ1v) is 20.3. The van der Waals surface area contributed by atoms with Crippen molar-refractivity contribution in [3.05, 3.63) is 89.8 Å². The summed E-state index contributed by atoms with van der Waals surface area (Å²) in [7, 11) is 0. The second kappa shape index (κ2) is 21.6. The van der Waals surface area contributed by atoms with Crippen LogP contribution >= 0.6 is 0 Å². The van der Waals surface area contributed by atoms with Gasteiger partial charge in [-0.3, -0.25) is 14.9 Å². The number of nitrogens with two attached hydrogens (primary N) is 1. The zero-order valence-corrected chi connectivity index (χ0v) is 33.7. The van der Waals surface area contributed by atoms with E-state index in [1.807, 2.05) is 42.9 Å². The van der Waals surface area contributed by atoms with Crippen molar-refractivity contribution in [2.24, 2.45) is 20.9 Å². The molecule has 7 rings (SSSR count). The van der Waals surface area contributed by atoms with Gasteiger partial charge in [0, 0.05) is 68.0 Å². The molecule has 296 valence electrons. The smallest absolute Gasteiger partial charge is 0.113 e. The average molecular weight is 750 g/mol. The molecule has 4 aliphatic heterocycles. The molecule has 4 aliphatic rings. The highest BCUT2D eigenvalue weighted by molar-refractivity contribution is 6.38. The van der Waals surface area contributed by atoms with E-state index >= 15 is 0 Å². The summed E-state index contributed by atoms with van der Waals surface area (Å²) in [5.41, 5.74) is 8.46. The number of anilines is 1. The van der Waals surface area contributed by atoms with Gasteiger partial charge in [-0.25, -0.2) is 4.68 Å². The lowest BCUT2D eigenvalue weighted by Gasteiger charge is -2.42. The van der Waals surface area contributed by atoms with E-state index in [1.54, 1.807) is 12.3 Å². The normalized spacial score (nSPS) is 23.1. The summed E-state index contributed by atoms with van der Waals surface area (Å²) < 4.78 is 13.4. The third-order valence-corrected chi connectivity index (χ3v) is 10.9. The lowest BCUT2D eigenvalue weighted by molar-refractivity contribution is 0.00370. The third-order valence-electron chi connectivity index (χ3n) is 10.9. The Morgan fingerprint density at radius 2 is 1.64 bits per heavy atom. The van der Waals surface area contributed by atoms with Gasteiger partial charge in [-0.1, -0.05) is 62.0 Å². The molecule has 0 aliphatic carbocycles. The van der Waals surface area contributed by atoms with Crippen LogP contribution in [0.3, 0.4) is 0 Å². The van der Waals surface area contributed by atoms with Crippen molar-refractivity contribution in [1.82, 2.24) is 19.9 Å². The minimum atomic E-state index is 0.215. The first kappa shape index (κ1) is 41.7. The highest BCUT2D eigenvalue weighted by atomic mass is 16.5. The van der Waals surface area contributed by atoms with Crippen LogP contribution in [0, 0.1) is 13.8 Å². The summed E-state index contributed by atoms with van der Waals surface area (Å²) in [5.74, 6) is 5.73. The molecule has 2 aromatic carbocycles. The second-order valence-electron chi connectivity index (χ2n) is 14.6. The largest absolute Gasteiger partial charge is 0.376 e. The number of rotatable bonds is 12. The van der Waals surface area contributed by atoms with Gasteiger partial charge in [-0.15, -0.1) is 5.10 Å². The molecule has 4 atom stereocenters. The molecule has 2 bridgehead atoms. The Kier molecular flexibility index (Phi) is 16.4. The van der Waals surface area contributed by atoms with Gasteiger partial charge in [0.2, 0.25) is 0 Å². The predicted molar refractivity (Wildman–Crippen MR) is 228 cm³/mol. The fraction of sp³-hybridized carbons (Fsp3) is 0.523. The molecule has 4 unspecified atom stereocenters. The van der Waals surface area contributed by atoms with E-state index in [2.05, 4.69) is 92.7 Å². The number of aliphatic imine (C=N–C) groups is 2. The maximum absolute atomic E-state index is 5.77. The molecule has 0 spiro atoms. The van der Waals surface area contributed by atoms with Crippen molar-refractivity contribution in [1.29, 1.82) is 0 Å². The summed E-state index contributed by atoms with van der Waals surface area (Å²) in [4.78, 5) is 13.9. The maximum Gasteiger partial charge on any atom is 0.113 e. The molecule has 2 N–H and O–H groups in total. The van der Waals surface area contributed by atoms with Crippen molar-refractivity contribution in [3.63, 3.8) is 0 Å². The maximum atomic E-state index is 5.77. The molecule has 55 heavy (non-hydrogen) atoms. The zero-order valence-electron chi connectivity index (χ0n) is 33.7. The Morgan fingerprint density at radius 1 is 0.927 bits per heavy atom. The molecule has 1 aromatic heterocycles. The highest BCUT2D eigenvalue weighted by Crippen LogP contribution is 2.34. The van der Waals surface area contributed by atoms with E-state index in [4.69, 9.17) is 15.3 Å². The number of ether oxygens (including phenoxy) is 2. The van der Waals surface area contributed by atoms with Crippen molar-refractivity contribution in [3.8, 4) is 11.3 Å². The SMILES string of the molecule is C=C/C=C(/CN1C2CCC1CN(c1ccc(/C(C=NCC3CCCCO3)=N/N)c(C)c1)C2)N=C.CC.Cc1ccccc1-c1cn(CC2CCCCO2)nn1. The van der Waals surface area contributed by atoms with Crippen LogP contribution in [0.15, 0.2) is 88.2 Å². The predicted octanol–water partition coefficient (Wildman–Crippen LogP) is 7.57. The first-order chi connectivity index (χ1) is 26.9. The van der Waals surface area contributed by atoms with Crippen molar-refractivity contribution in [2.45, 2.75) is 110 Å². The van der Waals surface area contributed by atoms with Crippen LogP contribution in [-0.2, 0) is 16.0 Å². The zero-order chi connectivity index (χ0) is 39.0. The fourth-order valence-electron chi connectivity index (χ4n) is 7.98. The fourth-order valence-corrected chi connectivity index (χ4v) is 7.98. The third kappa shape index (κ3) is 11.5. The van der Waals surface area contributed by atoms with Crippen LogP contribution in [0.5, 0.6) is 0 Å². The Balaban J connectivity index is 0.000000232. The van der Waals surface area contributed by atoms with E-state index in [0.717, 1.165) is 86.7 Å². The quantitative estimate of drug-likeness (QED) is 0.0879. The van der Waals surface area contributed by atoms with Gasteiger partial charge >= 0.3 is 0 Å². The Labute approximate surface area is 329 Å². The van der Waals surface area contributed by atoms with Gasteiger partial charge in [-0.2, -0.15) is 5.10 Å². The van der Waals surface area contributed by atoms with Gasteiger partial charge < -0.3 is 20.2 Å². The van der Waals surface area contributed by atoms with Crippen LogP contribution < -0.4 is 10.7 Å². The number of benzene rings is 2. The molecule has 11 nitrogen and oxygen atoms in total. The van der Waals surface area contributed by atoms with Crippen molar-refractivity contribution < 1.29 is 9.47 Å². The number of aromatic nitrogens is 3. The average Bonchev–Trinajstić information content (AvgIpc) is 3.77. The Morgan fingerprint density at radius 3 is 2.25 bits per heavy atom. The second-order valence-corrected chi connectivity index (χ2v) is 14.6. The minimum absolute atomic E-state index is 0.215. The summed E-state index contributed by atoms with van der Waals surface area (Å²) in [6, 6.07) is 15.9. The van der Waals surface area contributed by atoms with Crippen LogP contribution in [0.4, 0.5) is 5.69 Å². The number of hydrogen-bond donors (Lipinski definition) is 1. The van der Waals surface area contributed by atoms with E-state index < -0.39 is 0 Å². The molecule has 5 heterocycles. The van der Waals surface area contributed by atoms with E-state index in [-0.39, 0.29) is 6.10 Å². The molecular weight excluding hydrogens is 687 g/mol. The molecule has 4 fully saturated rings. The van der Waals surface area contributed by atoms with Gasteiger partial charge in [0.25, 0.3) is 0 Å². The topological polar surface area (TPSA) is 119 Å². The number of allylic oxidation sites excluding steroid dienone is 2. The summed E-state index contributed by atoms with van der Waals surface area (Å²) in [6.45, 7) is 21.8.